The summed E-state index contributed by atoms with van der Waals surface area (Å²) < 4.78 is 4.73. The highest BCUT2D eigenvalue weighted by molar-refractivity contribution is 7.27. The number of pyridine rings is 1. The molecule has 0 spiro atoms. The third-order valence-corrected chi connectivity index (χ3v) is 8.99. The van der Waals surface area contributed by atoms with Crippen LogP contribution in [0.3, 0.4) is 0 Å². The van der Waals surface area contributed by atoms with Crippen molar-refractivity contribution in [2.24, 2.45) is 0 Å². The summed E-state index contributed by atoms with van der Waals surface area (Å²) >= 11 is 1.83. The van der Waals surface area contributed by atoms with E-state index >= 15 is 0 Å². The molecule has 8 rings (SSSR count). The van der Waals surface area contributed by atoms with Gasteiger partial charge in [0.15, 0.2) is 0 Å². The zero-order valence-electron chi connectivity index (χ0n) is 22.4. The van der Waals surface area contributed by atoms with Crippen molar-refractivity contribution in [1.82, 2.24) is 19.5 Å². The molecule has 0 fully saturated rings. The van der Waals surface area contributed by atoms with Crippen molar-refractivity contribution in [3.63, 3.8) is 0 Å². The summed E-state index contributed by atoms with van der Waals surface area (Å²) in [5, 5.41) is 9.08. The topological polar surface area (TPSA) is 43.6 Å². The second-order valence-electron chi connectivity index (χ2n) is 10.0. The Morgan fingerprint density at radius 1 is 0.780 bits per heavy atom. The second kappa shape index (κ2) is 9.22. The maximum absolute atomic E-state index is 5.29. The van der Waals surface area contributed by atoms with E-state index in [1.165, 1.54) is 36.3 Å². The van der Waals surface area contributed by atoms with Crippen molar-refractivity contribution >= 4 is 76.2 Å². The maximum Gasteiger partial charge on any atom is 0.235 e. The number of benzene rings is 4. The second-order valence-corrected chi connectivity index (χ2v) is 11.1. The number of hydrogen-bond donors (Lipinski definition) is 0. The van der Waals surface area contributed by atoms with E-state index in [0.717, 1.165) is 38.2 Å². The van der Waals surface area contributed by atoms with Gasteiger partial charge in [0.05, 0.1) is 26.8 Å². The number of hydrogen-bond acceptors (Lipinski definition) is 4. The van der Waals surface area contributed by atoms with Crippen LogP contribution in [-0.2, 0) is 0 Å². The van der Waals surface area contributed by atoms with Gasteiger partial charge in [-0.2, -0.15) is 0 Å². The average Bonchev–Trinajstić information content (AvgIpc) is 3.59. The smallest absolute Gasteiger partial charge is 0.235 e. The first kappa shape index (κ1) is 23.7. The van der Waals surface area contributed by atoms with Gasteiger partial charge in [-0.3, -0.25) is 9.55 Å². The molecule has 0 saturated heterocycles. The first-order valence-electron chi connectivity index (χ1n) is 13.6. The number of fused-ring (bicyclic) bond motifs is 10. The molecule has 0 aliphatic heterocycles. The quantitative estimate of drug-likeness (QED) is 0.227. The van der Waals surface area contributed by atoms with E-state index in [1.54, 1.807) is 6.08 Å². The number of thiophene rings is 1. The molecule has 0 bridgehead atoms. The van der Waals surface area contributed by atoms with E-state index in [1.807, 2.05) is 61.0 Å². The highest BCUT2D eigenvalue weighted by Gasteiger charge is 2.23. The lowest BCUT2D eigenvalue weighted by Crippen LogP contribution is -2.33. The first-order valence-corrected chi connectivity index (χ1v) is 14.4. The van der Waals surface area contributed by atoms with Crippen molar-refractivity contribution < 1.29 is 0 Å². The normalized spacial score (nSPS) is 12.9. The fraction of sp³-hybridized carbons (Fsp3) is 0.0278. The van der Waals surface area contributed by atoms with Gasteiger partial charge in [-0.15, -0.1) is 11.3 Å². The van der Waals surface area contributed by atoms with Gasteiger partial charge in [-0.1, -0.05) is 97.6 Å². The minimum absolute atomic E-state index is 0.637. The van der Waals surface area contributed by atoms with Crippen molar-refractivity contribution in [2.45, 2.75) is 6.92 Å². The van der Waals surface area contributed by atoms with E-state index in [4.69, 9.17) is 9.97 Å². The molecule has 0 unspecified atom stereocenters. The summed E-state index contributed by atoms with van der Waals surface area (Å²) in [5.41, 5.74) is 4.06. The molecule has 4 aromatic carbocycles. The van der Waals surface area contributed by atoms with E-state index in [0.29, 0.717) is 5.95 Å². The van der Waals surface area contributed by atoms with Crippen LogP contribution >= 0.6 is 11.3 Å². The van der Waals surface area contributed by atoms with Gasteiger partial charge in [0.25, 0.3) is 0 Å². The Morgan fingerprint density at radius 3 is 2.29 bits per heavy atom. The lowest BCUT2D eigenvalue weighted by Gasteiger charge is -2.11. The minimum atomic E-state index is 0.637. The van der Waals surface area contributed by atoms with Gasteiger partial charge in [0.2, 0.25) is 5.95 Å². The van der Waals surface area contributed by atoms with Crippen LogP contribution in [0.1, 0.15) is 6.92 Å². The Kier molecular flexibility index (Phi) is 5.34. The fourth-order valence-electron chi connectivity index (χ4n) is 6.12. The third kappa shape index (κ3) is 3.43. The molecular formula is C36H24N4S. The van der Waals surface area contributed by atoms with Crippen LogP contribution in [-0.4, -0.2) is 19.5 Å². The molecule has 0 aliphatic rings. The van der Waals surface area contributed by atoms with Crippen molar-refractivity contribution in [3.8, 4) is 17.2 Å². The van der Waals surface area contributed by atoms with E-state index in [-0.39, 0.29) is 0 Å². The molecule has 0 saturated carbocycles. The van der Waals surface area contributed by atoms with Crippen LogP contribution in [0.2, 0.25) is 0 Å². The number of nitrogens with zero attached hydrogens (tertiary/aromatic N) is 4. The Labute approximate surface area is 239 Å². The largest absolute Gasteiger partial charge is 0.276 e. The molecule has 41 heavy (non-hydrogen) atoms. The SMILES string of the molecule is C=C/C=c1/c(-c2ccccc2)nc(-n2c3ccncc3c3c4ccccc4c4c5ccccc5sc4c32)n/c1=C/C. The molecule has 0 N–H and O–H groups in total. The summed E-state index contributed by atoms with van der Waals surface area (Å²) in [6.45, 7) is 5.99. The minimum Gasteiger partial charge on any atom is -0.276 e. The molecule has 8 aromatic rings. The summed E-state index contributed by atoms with van der Waals surface area (Å²) in [4.78, 5) is 15.0. The lowest BCUT2D eigenvalue weighted by atomic mass is 9.99. The van der Waals surface area contributed by atoms with Gasteiger partial charge < -0.3 is 0 Å². The molecule has 194 valence electrons. The Bertz CT molecular complexity index is 2450. The predicted octanol–water partition coefficient (Wildman–Crippen LogP) is 7.92. The highest BCUT2D eigenvalue weighted by atomic mass is 32.1. The van der Waals surface area contributed by atoms with Crippen molar-refractivity contribution in [1.29, 1.82) is 0 Å². The van der Waals surface area contributed by atoms with Crippen molar-refractivity contribution in [3.05, 3.63) is 121 Å². The van der Waals surface area contributed by atoms with E-state index in [9.17, 15) is 0 Å². The highest BCUT2D eigenvalue weighted by Crippen LogP contribution is 2.47. The lowest BCUT2D eigenvalue weighted by molar-refractivity contribution is 0.966. The molecule has 0 atom stereocenters. The molecule has 4 heterocycles. The number of aromatic nitrogens is 4. The maximum atomic E-state index is 5.29. The van der Waals surface area contributed by atoms with Crippen LogP contribution in [0.4, 0.5) is 0 Å². The van der Waals surface area contributed by atoms with Gasteiger partial charge in [-0.25, -0.2) is 9.97 Å². The monoisotopic (exact) mass is 544 g/mol. The van der Waals surface area contributed by atoms with E-state index in [2.05, 4.69) is 82.9 Å². The molecule has 0 aliphatic carbocycles. The van der Waals surface area contributed by atoms with Gasteiger partial charge in [0.1, 0.15) is 0 Å². The summed E-state index contributed by atoms with van der Waals surface area (Å²) in [7, 11) is 0. The van der Waals surface area contributed by atoms with Crippen molar-refractivity contribution in [2.75, 3.05) is 0 Å². The molecule has 5 heteroatoms. The van der Waals surface area contributed by atoms with Gasteiger partial charge in [0, 0.05) is 49.4 Å². The van der Waals surface area contributed by atoms with Crippen LogP contribution in [0.5, 0.6) is 0 Å². The van der Waals surface area contributed by atoms with Crippen LogP contribution < -0.4 is 10.6 Å². The first-order chi connectivity index (χ1) is 20.3. The Morgan fingerprint density at radius 2 is 1.51 bits per heavy atom. The van der Waals surface area contributed by atoms with Gasteiger partial charge in [-0.05, 0) is 29.8 Å². The molecule has 4 nitrogen and oxygen atoms in total. The van der Waals surface area contributed by atoms with Crippen LogP contribution in [0, 0.1) is 0 Å². The Hall–Kier alpha value is -5.13. The summed E-state index contributed by atoms with van der Waals surface area (Å²) in [6, 6.07) is 29.8. The third-order valence-electron chi connectivity index (χ3n) is 7.81. The number of allylic oxidation sites excluding steroid dienone is 1. The predicted molar refractivity (Wildman–Crippen MR) is 174 cm³/mol. The summed E-state index contributed by atoms with van der Waals surface area (Å²) in [6.07, 6.45) is 9.68. The van der Waals surface area contributed by atoms with Gasteiger partial charge >= 0.3 is 0 Å². The fourth-order valence-corrected chi connectivity index (χ4v) is 7.38. The molecular weight excluding hydrogens is 520 g/mol. The summed E-state index contributed by atoms with van der Waals surface area (Å²) in [5.74, 6) is 0.637. The van der Waals surface area contributed by atoms with Crippen LogP contribution in [0.15, 0.2) is 110 Å². The molecule has 4 aromatic heterocycles. The average molecular weight is 545 g/mol. The van der Waals surface area contributed by atoms with Crippen LogP contribution in [0.25, 0.3) is 82.1 Å². The zero-order valence-corrected chi connectivity index (χ0v) is 23.2. The van der Waals surface area contributed by atoms with E-state index < -0.39 is 0 Å². The standard InChI is InChI=1S/C36H24N4S/c1-3-12-25-28(4-2)38-36(39-33(25)22-13-6-5-7-14-22)40-29-19-20-37-21-27(29)31-23-15-8-9-16-24(23)32-26-17-10-11-18-30(26)41-35(32)34(31)40/h3-21H,1H2,2H3/b25-12+,28-4+. The molecule has 0 amide bonds. The molecule has 0 radical (unpaired) electrons. The number of rotatable bonds is 3. The zero-order chi connectivity index (χ0) is 27.5. The Balaban J connectivity index is 1.64.